The lowest BCUT2D eigenvalue weighted by Crippen LogP contribution is -2.35. The molecule has 0 aromatic carbocycles. The average Bonchev–Trinajstić information content (AvgIpc) is 2.41. The van der Waals surface area contributed by atoms with Crippen LogP contribution in [0.4, 0.5) is 0 Å². The monoisotopic (exact) mass is 252 g/mol. The Bertz CT molecular complexity index is 219. The summed E-state index contributed by atoms with van der Waals surface area (Å²) in [4.78, 5) is 0. The van der Waals surface area contributed by atoms with E-state index >= 15 is 0 Å². The third-order valence-corrected chi connectivity index (χ3v) is 3.26. The Kier molecular flexibility index (Phi) is 8.87. The molecular weight excluding hydrogens is 224 g/mol. The lowest BCUT2D eigenvalue weighted by Gasteiger charge is -2.30. The fourth-order valence-corrected chi connectivity index (χ4v) is 2.27. The molecule has 2 unspecified atom stereocenters. The summed E-state index contributed by atoms with van der Waals surface area (Å²) < 4.78 is 11.8. The largest absolute Gasteiger partial charge is 0.371 e. The Morgan fingerprint density at radius 1 is 0.778 bits per heavy atom. The maximum Gasteiger partial charge on any atom is 0.0841 e. The van der Waals surface area contributed by atoms with Crippen LogP contribution in [0.1, 0.15) is 52.4 Å². The minimum Gasteiger partial charge on any atom is -0.371 e. The van der Waals surface area contributed by atoms with Gasteiger partial charge in [0.25, 0.3) is 0 Å². The standard InChI is InChI=1S/C16H28O2/c1-3-5-9-13-17-15-11-7-8-12-16(15)18-14-10-6-4-2/h5-6,9-10,15-16H,3-4,7-8,11-14H2,1-2H3. The van der Waals surface area contributed by atoms with Crippen LogP contribution in [0, 0.1) is 0 Å². The van der Waals surface area contributed by atoms with Gasteiger partial charge in [-0.05, 0) is 25.7 Å². The zero-order valence-corrected chi connectivity index (χ0v) is 11.9. The van der Waals surface area contributed by atoms with Crippen LogP contribution in [-0.4, -0.2) is 25.4 Å². The lowest BCUT2D eigenvalue weighted by molar-refractivity contribution is -0.0783. The highest BCUT2D eigenvalue weighted by Gasteiger charge is 2.25. The van der Waals surface area contributed by atoms with Gasteiger partial charge in [-0.3, -0.25) is 0 Å². The van der Waals surface area contributed by atoms with Crippen LogP contribution in [-0.2, 0) is 9.47 Å². The highest BCUT2D eigenvalue weighted by Crippen LogP contribution is 2.23. The van der Waals surface area contributed by atoms with Gasteiger partial charge in [0.05, 0.1) is 25.4 Å². The quantitative estimate of drug-likeness (QED) is 0.601. The van der Waals surface area contributed by atoms with Crippen LogP contribution in [0.3, 0.4) is 0 Å². The summed E-state index contributed by atoms with van der Waals surface area (Å²) in [6.07, 6.45) is 16.1. The Morgan fingerprint density at radius 2 is 1.22 bits per heavy atom. The lowest BCUT2D eigenvalue weighted by atomic mass is 9.94. The second-order valence-electron chi connectivity index (χ2n) is 4.79. The van der Waals surface area contributed by atoms with Gasteiger partial charge < -0.3 is 9.47 Å². The van der Waals surface area contributed by atoms with Gasteiger partial charge >= 0.3 is 0 Å². The summed E-state index contributed by atoms with van der Waals surface area (Å²) in [5.41, 5.74) is 0. The molecule has 0 amide bonds. The van der Waals surface area contributed by atoms with E-state index < -0.39 is 0 Å². The number of hydrogen-bond donors (Lipinski definition) is 0. The van der Waals surface area contributed by atoms with Gasteiger partial charge in [-0.1, -0.05) is 51.0 Å². The van der Waals surface area contributed by atoms with Crippen molar-refractivity contribution in [1.82, 2.24) is 0 Å². The van der Waals surface area contributed by atoms with E-state index in [-0.39, 0.29) is 12.2 Å². The molecule has 0 saturated heterocycles. The summed E-state index contributed by atoms with van der Waals surface area (Å²) >= 11 is 0. The predicted octanol–water partition coefficient (Wildman–Crippen LogP) is 4.26. The smallest absolute Gasteiger partial charge is 0.0841 e. The number of rotatable bonds is 8. The van der Waals surface area contributed by atoms with Crippen LogP contribution in [0.5, 0.6) is 0 Å². The molecule has 2 nitrogen and oxygen atoms in total. The molecule has 0 bridgehead atoms. The van der Waals surface area contributed by atoms with E-state index in [1.165, 1.54) is 12.8 Å². The zero-order valence-electron chi connectivity index (χ0n) is 11.9. The van der Waals surface area contributed by atoms with E-state index in [1.54, 1.807) is 0 Å². The molecule has 2 atom stereocenters. The van der Waals surface area contributed by atoms with Crippen LogP contribution in [0.15, 0.2) is 24.3 Å². The molecule has 0 heterocycles. The fraction of sp³-hybridized carbons (Fsp3) is 0.750. The van der Waals surface area contributed by atoms with Gasteiger partial charge in [0.2, 0.25) is 0 Å². The normalized spacial score (nSPS) is 25.2. The van der Waals surface area contributed by atoms with Crippen LogP contribution < -0.4 is 0 Å². The van der Waals surface area contributed by atoms with Gasteiger partial charge in [0.15, 0.2) is 0 Å². The Morgan fingerprint density at radius 3 is 1.61 bits per heavy atom. The van der Waals surface area contributed by atoms with E-state index in [9.17, 15) is 0 Å². The highest BCUT2D eigenvalue weighted by molar-refractivity contribution is 4.84. The summed E-state index contributed by atoms with van der Waals surface area (Å²) in [7, 11) is 0. The molecule has 1 aliphatic rings. The Balaban J connectivity index is 2.27. The molecule has 1 fully saturated rings. The van der Waals surface area contributed by atoms with Crippen molar-refractivity contribution in [3.8, 4) is 0 Å². The zero-order chi connectivity index (χ0) is 13.1. The average molecular weight is 252 g/mol. The molecular formula is C16H28O2. The first-order valence-electron chi connectivity index (χ1n) is 7.41. The second kappa shape index (κ2) is 10.3. The van der Waals surface area contributed by atoms with E-state index in [0.717, 1.165) is 38.9 Å². The van der Waals surface area contributed by atoms with Crippen LogP contribution in [0.25, 0.3) is 0 Å². The molecule has 104 valence electrons. The maximum atomic E-state index is 5.92. The fourth-order valence-electron chi connectivity index (χ4n) is 2.27. The number of hydrogen-bond acceptors (Lipinski definition) is 2. The summed E-state index contributed by atoms with van der Waals surface area (Å²) in [5.74, 6) is 0. The number of allylic oxidation sites excluding steroid dienone is 2. The van der Waals surface area contributed by atoms with Crippen molar-refractivity contribution in [2.24, 2.45) is 0 Å². The van der Waals surface area contributed by atoms with Crippen LogP contribution >= 0.6 is 0 Å². The molecule has 2 heteroatoms. The maximum absolute atomic E-state index is 5.92. The molecule has 1 rings (SSSR count). The number of ether oxygens (including phenoxy) is 2. The second-order valence-corrected chi connectivity index (χ2v) is 4.79. The molecule has 0 aromatic rings. The molecule has 1 aliphatic carbocycles. The molecule has 0 radical (unpaired) electrons. The summed E-state index contributed by atoms with van der Waals surface area (Å²) in [5, 5.41) is 0. The van der Waals surface area contributed by atoms with Crippen molar-refractivity contribution >= 4 is 0 Å². The van der Waals surface area contributed by atoms with Crippen molar-refractivity contribution in [1.29, 1.82) is 0 Å². The molecule has 18 heavy (non-hydrogen) atoms. The first kappa shape index (κ1) is 15.5. The Hall–Kier alpha value is -0.600. The highest BCUT2D eigenvalue weighted by atomic mass is 16.5. The van der Waals surface area contributed by atoms with Gasteiger partial charge in [-0.25, -0.2) is 0 Å². The van der Waals surface area contributed by atoms with Crippen LogP contribution in [0.2, 0.25) is 0 Å². The minimum atomic E-state index is 0.287. The van der Waals surface area contributed by atoms with Gasteiger partial charge in [0.1, 0.15) is 0 Å². The first-order chi connectivity index (χ1) is 8.88. The molecule has 0 spiro atoms. The predicted molar refractivity (Wildman–Crippen MR) is 76.8 cm³/mol. The summed E-state index contributed by atoms with van der Waals surface area (Å²) in [6, 6.07) is 0. The van der Waals surface area contributed by atoms with E-state index in [2.05, 4.69) is 38.2 Å². The van der Waals surface area contributed by atoms with Crippen molar-refractivity contribution in [2.45, 2.75) is 64.6 Å². The SMILES string of the molecule is CCC=CCOC1CCCCC1OCC=CCC. The van der Waals surface area contributed by atoms with Gasteiger partial charge in [-0.2, -0.15) is 0 Å². The first-order valence-corrected chi connectivity index (χ1v) is 7.41. The van der Waals surface area contributed by atoms with Gasteiger partial charge in [-0.15, -0.1) is 0 Å². The van der Waals surface area contributed by atoms with E-state index in [0.29, 0.717) is 0 Å². The van der Waals surface area contributed by atoms with Crippen molar-refractivity contribution in [2.75, 3.05) is 13.2 Å². The third kappa shape index (κ3) is 6.36. The van der Waals surface area contributed by atoms with Crippen molar-refractivity contribution in [3.63, 3.8) is 0 Å². The van der Waals surface area contributed by atoms with Crippen molar-refractivity contribution < 1.29 is 9.47 Å². The molecule has 0 N–H and O–H groups in total. The molecule has 0 aliphatic heterocycles. The van der Waals surface area contributed by atoms with E-state index in [1.807, 2.05) is 0 Å². The Labute approximate surface area is 112 Å². The third-order valence-electron chi connectivity index (χ3n) is 3.26. The molecule has 0 aromatic heterocycles. The topological polar surface area (TPSA) is 18.5 Å². The van der Waals surface area contributed by atoms with E-state index in [4.69, 9.17) is 9.47 Å². The molecule has 1 saturated carbocycles. The summed E-state index contributed by atoms with van der Waals surface area (Å²) in [6.45, 7) is 5.73. The van der Waals surface area contributed by atoms with Gasteiger partial charge in [0, 0.05) is 0 Å². The van der Waals surface area contributed by atoms with Crippen molar-refractivity contribution in [3.05, 3.63) is 24.3 Å². The minimum absolute atomic E-state index is 0.287.